The Hall–Kier alpha value is -1.98. The molecular weight excluding hydrogens is 243 g/mol. The van der Waals surface area contributed by atoms with Gasteiger partial charge in [-0.25, -0.2) is 0 Å². The zero-order valence-corrected chi connectivity index (χ0v) is 10.5. The van der Waals surface area contributed by atoms with Crippen molar-refractivity contribution in [3.05, 3.63) is 59.7 Å². The SMILES string of the molecule is Oc1cccc(COBOCc2cccc(O)c2)c1. The van der Waals surface area contributed by atoms with Gasteiger partial charge in [0.2, 0.25) is 0 Å². The third kappa shape index (κ3) is 4.65. The number of hydrogen-bond donors (Lipinski definition) is 2. The normalized spacial score (nSPS) is 10.3. The van der Waals surface area contributed by atoms with E-state index in [0.717, 1.165) is 11.1 Å². The van der Waals surface area contributed by atoms with Gasteiger partial charge in [0, 0.05) is 0 Å². The van der Waals surface area contributed by atoms with Gasteiger partial charge in [0.15, 0.2) is 0 Å². The molecule has 0 amide bonds. The molecule has 0 atom stereocenters. The molecule has 0 saturated carbocycles. The first-order valence-corrected chi connectivity index (χ1v) is 5.95. The highest BCUT2D eigenvalue weighted by atomic mass is 16.6. The topological polar surface area (TPSA) is 58.9 Å². The van der Waals surface area contributed by atoms with E-state index in [1.807, 2.05) is 12.1 Å². The van der Waals surface area contributed by atoms with Crippen LogP contribution in [0.3, 0.4) is 0 Å². The maximum atomic E-state index is 9.28. The fourth-order valence-corrected chi connectivity index (χ4v) is 1.67. The summed E-state index contributed by atoms with van der Waals surface area (Å²) in [5, 5.41) is 18.6. The van der Waals surface area contributed by atoms with Crippen LogP contribution in [0, 0.1) is 0 Å². The predicted octanol–water partition coefficient (Wildman–Crippen LogP) is 2.10. The Morgan fingerprint density at radius 2 is 1.26 bits per heavy atom. The first-order chi connectivity index (χ1) is 9.24. The molecule has 98 valence electrons. The molecule has 0 aliphatic rings. The molecule has 0 saturated heterocycles. The largest absolute Gasteiger partial charge is 0.508 e. The van der Waals surface area contributed by atoms with Crippen molar-refractivity contribution < 1.29 is 19.5 Å². The second kappa shape index (κ2) is 6.82. The molecule has 2 N–H and O–H groups in total. The van der Waals surface area contributed by atoms with Crippen LogP contribution in [-0.2, 0) is 22.5 Å². The first kappa shape index (κ1) is 13.5. The molecule has 19 heavy (non-hydrogen) atoms. The van der Waals surface area contributed by atoms with E-state index in [1.54, 1.807) is 36.4 Å². The number of phenolic OH excluding ortho intramolecular Hbond substituents is 2. The second-order valence-electron chi connectivity index (χ2n) is 4.15. The van der Waals surface area contributed by atoms with Gasteiger partial charge >= 0.3 is 7.69 Å². The standard InChI is InChI=1S/C14H15BO4/c16-13-5-1-3-11(7-13)9-18-15-19-10-12-4-2-6-14(17)8-12/h1-8,15-17H,9-10H2. The van der Waals surface area contributed by atoms with Gasteiger partial charge in [0.25, 0.3) is 0 Å². The van der Waals surface area contributed by atoms with Gasteiger partial charge in [-0.1, -0.05) is 24.3 Å². The van der Waals surface area contributed by atoms with E-state index in [1.165, 1.54) is 0 Å². The molecule has 0 radical (unpaired) electrons. The van der Waals surface area contributed by atoms with Gasteiger partial charge in [-0.3, -0.25) is 0 Å². The lowest BCUT2D eigenvalue weighted by Gasteiger charge is -2.05. The molecule has 2 aromatic rings. The summed E-state index contributed by atoms with van der Waals surface area (Å²) in [7, 11) is 0.158. The Labute approximate surface area is 112 Å². The summed E-state index contributed by atoms with van der Waals surface area (Å²) in [5.41, 5.74) is 1.78. The van der Waals surface area contributed by atoms with Crippen molar-refractivity contribution in [2.75, 3.05) is 0 Å². The second-order valence-corrected chi connectivity index (χ2v) is 4.15. The molecule has 0 aliphatic heterocycles. The van der Waals surface area contributed by atoms with Crippen LogP contribution in [0.5, 0.6) is 11.5 Å². The zero-order valence-electron chi connectivity index (χ0n) is 10.5. The van der Waals surface area contributed by atoms with Gasteiger partial charge in [0.05, 0.1) is 13.2 Å². The Kier molecular flexibility index (Phi) is 4.83. The number of benzene rings is 2. The number of rotatable bonds is 6. The zero-order chi connectivity index (χ0) is 13.5. The lowest BCUT2D eigenvalue weighted by Crippen LogP contribution is -2.04. The summed E-state index contributed by atoms with van der Waals surface area (Å²) in [6.07, 6.45) is 0. The third-order valence-electron chi connectivity index (χ3n) is 2.53. The fourth-order valence-electron chi connectivity index (χ4n) is 1.67. The number of phenols is 2. The molecule has 0 spiro atoms. The molecule has 0 aliphatic carbocycles. The van der Waals surface area contributed by atoms with E-state index in [2.05, 4.69) is 0 Å². The third-order valence-corrected chi connectivity index (χ3v) is 2.53. The summed E-state index contributed by atoms with van der Waals surface area (Å²) in [5.74, 6) is 0.448. The summed E-state index contributed by atoms with van der Waals surface area (Å²) in [4.78, 5) is 0. The van der Waals surface area contributed by atoms with Gasteiger partial charge in [0.1, 0.15) is 11.5 Å². The molecular formula is C14H15BO4. The summed E-state index contributed by atoms with van der Waals surface area (Å²) in [6.45, 7) is 0.767. The highest BCUT2D eigenvalue weighted by Crippen LogP contribution is 2.12. The highest BCUT2D eigenvalue weighted by Gasteiger charge is 1.99. The molecule has 0 fully saturated rings. The maximum absolute atomic E-state index is 9.28. The Balaban J connectivity index is 1.67. The lowest BCUT2D eigenvalue weighted by molar-refractivity contribution is 0.207. The van der Waals surface area contributed by atoms with Gasteiger partial charge < -0.3 is 19.5 Å². The molecule has 0 aromatic heterocycles. The van der Waals surface area contributed by atoms with Crippen molar-refractivity contribution in [1.29, 1.82) is 0 Å². The van der Waals surface area contributed by atoms with E-state index < -0.39 is 0 Å². The predicted molar refractivity (Wildman–Crippen MR) is 72.9 cm³/mol. The van der Waals surface area contributed by atoms with Crippen LogP contribution in [0.4, 0.5) is 0 Å². The van der Waals surface area contributed by atoms with Crippen LogP contribution >= 0.6 is 0 Å². The van der Waals surface area contributed by atoms with Crippen LogP contribution < -0.4 is 0 Å². The maximum Gasteiger partial charge on any atom is 0.438 e. The quantitative estimate of drug-likeness (QED) is 0.615. The number of hydrogen-bond acceptors (Lipinski definition) is 4. The van der Waals surface area contributed by atoms with E-state index >= 15 is 0 Å². The lowest BCUT2D eigenvalue weighted by atomic mass is 10.2. The van der Waals surface area contributed by atoms with Crippen molar-refractivity contribution in [3.8, 4) is 11.5 Å². The smallest absolute Gasteiger partial charge is 0.438 e. The van der Waals surface area contributed by atoms with Crippen LogP contribution in [-0.4, -0.2) is 17.9 Å². The summed E-state index contributed by atoms with van der Waals surface area (Å²) >= 11 is 0. The molecule has 0 bridgehead atoms. The average molecular weight is 258 g/mol. The average Bonchev–Trinajstić information content (AvgIpc) is 2.38. The molecule has 2 rings (SSSR count). The van der Waals surface area contributed by atoms with Gasteiger partial charge in [-0.15, -0.1) is 0 Å². The monoisotopic (exact) mass is 258 g/mol. The van der Waals surface area contributed by atoms with E-state index in [9.17, 15) is 10.2 Å². The fraction of sp³-hybridized carbons (Fsp3) is 0.143. The Morgan fingerprint density at radius 3 is 1.68 bits per heavy atom. The van der Waals surface area contributed by atoms with E-state index in [4.69, 9.17) is 9.31 Å². The summed E-state index contributed by atoms with van der Waals surface area (Å²) in [6, 6.07) is 13.8. The van der Waals surface area contributed by atoms with Gasteiger partial charge in [-0.05, 0) is 35.4 Å². The minimum atomic E-state index is 0.158. The first-order valence-electron chi connectivity index (χ1n) is 5.95. The molecule has 0 unspecified atom stereocenters. The minimum absolute atomic E-state index is 0.158. The van der Waals surface area contributed by atoms with Crippen LogP contribution in [0.1, 0.15) is 11.1 Å². The molecule has 0 heterocycles. The summed E-state index contributed by atoms with van der Waals surface area (Å²) < 4.78 is 10.7. The number of aromatic hydroxyl groups is 2. The van der Waals surface area contributed by atoms with E-state index in [0.29, 0.717) is 13.2 Å². The molecule has 4 nitrogen and oxygen atoms in total. The van der Waals surface area contributed by atoms with Crippen LogP contribution in [0.15, 0.2) is 48.5 Å². The van der Waals surface area contributed by atoms with Crippen molar-refractivity contribution >= 4 is 7.69 Å². The molecule has 5 heteroatoms. The Morgan fingerprint density at radius 1 is 0.789 bits per heavy atom. The van der Waals surface area contributed by atoms with E-state index in [-0.39, 0.29) is 19.2 Å². The van der Waals surface area contributed by atoms with Crippen molar-refractivity contribution in [2.45, 2.75) is 13.2 Å². The Bertz CT molecular complexity index is 483. The minimum Gasteiger partial charge on any atom is -0.508 e. The van der Waals surface area contributed by atoms with Crippen molar-refractivity contribution in [2.24, 2.45) is 0 Å². The van der Waals surface area contributed by atoms with Crippen LogP contribution in [0.2, 0.25) is 0 Å². The molecule has 2 aromatic carbocycles. The van der Waals surface area contributed by atoms with Crippen molar-refractivity contribution in [1.82, 2.24) is 0 Å². The highest BCUT2D eigenvalue weighted by molar-refractivity contribution is 6.17. The van der Waals surface area contributed by atoms with Crippen LogP contribution in [0.25, 0.3) is 0 Å². The van der Waals surface area contributed by atoms with Crippen molar-refractivity contribution in [3.63, 3.8) is 0 Å². The van der Waals surface area contributed by atoms with Gasteiger partial charge in [-0.2, -0.15) is 0 Å².